The molecule has 0 aliphatic carbocycles. The molecular weight excluding hydrogens is 228 g/mol. The fraction of sp³-hybridized carbons (Fsp3) is 0.692. The summed E-state index contributed by atoms with van der Waals surface area (Å²) >= 11 is 0. The molecule has 102 valence electrons. The van der Waals surface area contributed by atoms with Gasteiger partial charge in [0.1, 0.15) is 6.33 Å². The molecule has 0 fully saturated rings. The van der Waals surface area contributed by atoms with Gasteiger partial charge in [0.2, 0.25) is 5.75 Å². The Morgan fingerprint density at radius 1 is 1.33 bits per heavy atom. The quantitative estimate of drug-likeness (QED) is 0.696. The average Bonchev–Trinajstić information content (AvgIpc) is 2.35. The third-order valence-corrected chi connectivity index (χ3v) is 2.91. The van der Waals surface area contributed by atoms with Crippen molar-refractivity contribution < 1.29 is 4.74 Å². The molecule has 1 rings (SSSR count). The monoisotopic (exact) mass is 252 g/mol. The van der Waals surface area contributed by atoms with Crippen molar-refractivity contribution in [1.82, 2.24) is 9.97 Å². The molecule has 1 atom stereocenters. The van der Waals surface area contributed by atoms with E-state index in [0.29, 0.717) is 23.4 Å². The lowest BCUT2D eigenvalue weighted by Crippen LogP contribution is -2.17. The third kappa shape index (κ3) is 4.39. The molecule has 1 unspecified atom stereocenters. The minimum Gasteiger partial charge on any atom is -0.490 e. The van der Waals surface area contributed by atoms with Crippen molar-refractivity contribution in [3.05, 3.63) is 6.33 Å². The Kier molecular flexibility index (Phi) is 6.25. The molecule has 18 heavy (non-hydrogen) atoms. The summed E-state index contributed by atoms with van der Waals surface area (Å²) < 4.78 is 5.21. The van der Waals surface area contributed by atoms with Gasteiger partial charge >= 0.3 is 0 Å². The van der Waals surface area contributed by atoms with Crippen molar-refractivity contribution in [2.24, 2.45) is 0 Å². The number of hydrogen-bond acceptors (Lipinski definition) is 5. The van der Waals surface area contributed by atoms with Gasteiger partial charge in [-0.05, 0) is 13.3 Å². The molecule has 0 radical (unpaired) electrons. The van der Waals surface area contributed by atoms with Crippen LogP contribution in [0.3, 0.4) is 0 Å². The highest BCUT2D eigenvalue weighted by atomic mass is 16.5. The Hall–Kier alpha value is -1.52. The van der Waals surface area contributed by atoms with Gasteiger partial charge in [0.15, 0.2) is 11.6 Å². The second-order valence-corrected chi connectivity index (χ2v) is 4.54. The first-order valence-corrected chi connectivity index (χ1v) is 6.60. The van der Waals surface area contributed by atoms with Crippen molar-refractivity contribution in [1.29, 1.82) is 0 Å². The maximum absolute atomic E-state index is 5.73. The van der Waals surface area contributed by atoms with Gasteiger partial charge in [-0.15, -0.1) is 0 Å². The van der Waals surface area contributed by atoms with Gasteiger partial charge in [-0.1, -0.05) is 32.6 Å². The molecule has 0 aromatic carbocycles. The third-order valence-electron chi connectivity index (χ3n) is 2.91. The summed E-state index contributed by atoms with van der Waals surface area (Å²) in [5, 5.41) is 3.32. The first kappa shape index (κ1) is 14.5. The fourth-order valence-corrected chi connectivity index (χ4v) is 1.87. The number of nitrogens with two attached hydrogens (primary N) is 1. The molecule has 1 heterocycles. The van der Waals surface area contributed by atoms with E-state index in [1.807, 2.05) is 0 Å². The Balaban J connectivity index is 2.48. The van der Waals surface area contributed by atoms with Crippen LogP contribution in [0, 0.1) is 0 Å². The van der Waals surface area contributed by atoms with E-state index < -0.39 is 0 Å². The number of ether oxygens (including phenoxy) is 1. The van der Waals surface area contributed by atoms with Gasteiger partial charge < -0.3 is 15.8 Å². The van der Waals surface area contributed by atoms with Crippen molar-refractivity contribution >= 4 is 11.6 Å². The lowest BCUT2D eigenvalue weighted by molar-refractivity contribution is 0.414. The highest BCUT2D eigenvalue weighted by Crippen LogP contribution is 2.27. The second-order valence-electron chi connectivity index (χ2n) is 4.54. The van der Waals surface area contributed by atoms with E-state index >= 15 is 0 Å². The van der Waals surface area contributed by atoms with Gasteiger partial charge in [-0.2, -0.15) is 0 Å². The topological polar surface area (TPSA) is 73.1 Å². The number of hydrogen-bond donors (Lipinski definition) is 2. The van der Waals surface area contributed by atoms with Crippen LogP contribution in [-0.2, 0) is 0 Å². The van der Waals surface area contributed by atoms with Crippen molar-refractivity contribution in [3.8, 4) is 5.75 Å². The molecule has 0 amide bonds. The summed E-state index contributed by atoms with van der Waals surface area (Å²) in [5.74, 6) is 1.57. The number of methoxy groups -OCH3 is 1. The van der Waals surface area contributed by atoms with Crippen LogP contribution in [0.4, 0.5) is 11.6 Å². The zero-order valence-corrected chi connectivity index (χ0v) is 11.6. The van der Waals surface area contributed by atoms with Crippen molar-refractivity contribution in [2.75, 3.05) is 18.2 Å². The van der Waals surface area contributed by atoms with Crippen LogP contribution in [0.5, 0.6) is 5.75 Å². The van der Waals surface area contributed by atoms with Crippen LogP contribution in [-0.4, -0.2) is 23.1 Å². The number of aromatic nitrogens is 2. The number of rotatable bonds is 8. The first-order valence-electron chi connectivity index (χ1n) is 6.60. The highest BCUT2D eigenvalue weighted by Gasteiger charge is 2.11. The SMILES string of the molecule is CCCCCCC(C)Nc1ncnc(N)c1OC. The Labute approximate surface area is 109 Å². The predicted octanol–water partition coefficient (Wildman–Crippen LogP) is 2.84. The molecule has 0 bridgehead atoms. The van der Waals surface area contributed by atoms with E-state index in [-0.39, 0.29) is 0 Å². The number of anilines is 2. The van der Waals surface area contributed by atoms with Crippen molar-refractivity contribution in [3.63, 3.8) is 0 Å². The zero-order chi connectivity index (χ0) is 13.4. The summed E-state index contributed by atoms with van der Waals surface area (Å²) in [6, 6.07) is 0.352. The maximum atomic E-state index is 5.73. The normalized spacial score (nSPS) is 12.2. The Bertz CT molecular complexity index is 357. The number of nitrogens with one attached hydrogen (secondary N) is 1. The van der Waals surface area contributed by atoms with Crippen LogP contribution in [0.1, 0.15) is 46.0 Å². The average molecular weight is 252 g/mol. The standard InChI is InChI=1S/C13H24N4O/c1-4-5-6-7-8-10(2)17-13-11(18-3)12(14)15-9-16-13/h9-10H,4-8H2,1-3H3,(H3,14,15,16,17). The first-order chi connectivity index (χ1) is 8.69. The Morgan fingerprint density at radius 3 is 2.78 bits per heavy atom. The van der Waals surface area contributed by atoms with Gasteiger partial charge in [0.05, 0.1) is 7.11 Å². The smallest absolute Gasteiger partial charge is 0.203 e. The molecule has 1 aromatic heterocycles. The minimum absolute atomic E-state index is 0.352. The molecule has 0 spiro atoms. The lowest BCUT2D eigenvalue weighted by atomic mass is 10.1. The number of nitrogen functional groups attached to an aromatic ring is 1. The van der Waals surface area contributed by atoms with Gasteiger partial charge in [-0.25, -0.2) is 9.97 Å². The van der Waals surface area contributed by atoms with E-state index in [1.165, 1.54) is 32.0 Å². The molecule has 3 N–H and O–H groups in total. The fourth-order valence-electron chi connectivity index (χ4n) is 1.87. The van der Waals surface area contributed by atoms with Crippen LogP contribution in [0.25, 0.3) is 0 Å². The van der Waals surface area contributed by atoms with Crippen molar-refractivity contribution in [2.45, 2.75) is 52.0 Å². The number of nitrogens with zero attached hydrogens (tertiary/aromatic N) is 2. The lowest BCUT2D eigenvalue weighted by Gasteiger charge is -2.16. The van der Waals surface area contributed by atoms with Crippen LogP contribution >= 0.6 is 0 Å². The van der Waals surface area contributed by atoms with Gasteiger partial charge in [0.25, 0.3) is 0 Å². The Morgan fingerprint density at radius 2 is 2.11 bits per heavy atom. The van der Waals surface area contributed by atoms with Crippen LogP contribution < -0.4 is 15.8 Å². The van der Waals surface area contributed by atoms with Crippen LogP contribution in [0.15, 0.2) is 6.33 Å². The number of unbranched alkanes of at least 4 members (excludes halogenated alkanes) is 3. The zero-order valence-electron chi connectivity index (χ0n) is 11.6. The molecule has 5 heteroatoms. The molecule has 0 saturated carbocycles. The van der Waals surface area contributed by atoms with E-state index in [4.69, 9.17) is 10.5 Å². The van der Waals surface area contributed by atoms with Crippen LogP contribution in [0.2, 0.25) is 0 Å². The second kappa shape index (κ2) is 7.74. The molecule has 0 aliphatic heterocycles. The van der Waals surface area contributed by atoms with Gasteiger partial charge in [-0.3, -0.25) is 0 Å². The van der Waals surface area contributed by atoms with E-state index in [9.17, 15) is 0 Å². The summed E-state index contributed by atoms with van der Waals surface area (Å²) in [6.07, 6.45) is 7.64. The molecule has 0 saturated heterocycles. The summed E-state index contributed by atoms with van der Waals surface area (Å²) in [7, 11) is 1.58. The molecular formula is C13H24N4O. The minimum atomic E-state index is 0.352. The highest BCUT2D eigenvalue weighted by molar-refractivity contribution is 5.61. The van der Waals surface area contributed by atoms with E-state index in [2.05, 4.69) is 29.1 Å². The van der Waals surface area contributed by atoms with E-state index in [1.54, 1.807) is 7.11 Å². The molecule has 1 aromatic rings. The predicted molar refractivity (Wildman–Crippen MR) is 74.8 cm³/mol. The molecule has 0 aliphatic rings. The van der Waals surface area contributed by atoms with E-state index in [0.717, 1.165) is 6.42 Å². The maximum Gasteiger partial charge on any atom is 0.203 e. The largest absolute Gasteiger partial charge is 0.490 e. The summed E-state index contributed by atoms with van der Waals surface area (Å²) in [4.78, 5) is 8.07. The van der Waals surface area contributed by atoms with Gasteiger partial charge in [0, 0.05) is 6.04 Å². The molecule has 5 nitrogen and oxygen atoms in total. The summed E-state index contributed by atoms with van der Waals surface area (Å²) in [6.45, 7) is 4.36. The summed E-state index contributed by atoms with van der Waals surface area (Å²) in [5.41, 5.74) is 5.73.